The minimum atomic E-state index is 0.316. The zero-order valence-electron chi connectivity index (χ0n) is 14.6. The van der Waals surface area contributed by atoms with Gasteiger partial charge in [-0.25, -0.2) is 9.98 Å². The van der Waals surface area contributed by atoms with Crippen LogP contribution in [0.2, 0.25) is 0 Å². The monoisotopic (exact) mass is 351 g/mol. The minimum Gasteiger partial charge on any atom is -0.490 e. The molecule has 4 rings (SSSR count). The maximum atomic E-state index is 6.00. The average molecular weight is 351 g/mol. The van der Waals surface area contributed by atoms with Gasteiger partial charge in [0.1, 0.15) is 12.4 Å². The first-order valence-corrected chi connectivity index (χ1v) is 8.59. The molecule has 134 valence electrons. The van der Waals surface area contributed by atoms with Crippen LogP contribution in [0.25, 0.3) is 11.0 Å². The number of aliphatic imine (C=N–C) groups is 1. The molecule has 0 amide bonds. The van der Waals surface area contributed by atoms with Gasteiger partial charge in [0.15, 0.2) is 17.5 Å². The molecule has 0 radical (unpaired) electrons. The van der Waals surface area contributed by atoms with E-state index in [2.05, 4.69) is 33.3 Å². The number of hydrogen-bond donors (Lipinski definition) is 3. The zero-order chi connectivity index (χ0) is 17.9. The molecule has 4 N–H and O–H groups in total. The van der Waals surface area contributed by atoms with Crippen molar-refractivity contribution >= 4 is 22.7 Å². The lowest BCUT2D eigenvalue weighted by Crippen LogP contribution is -2.22. The number of nitrogens with one attached hydrogen (secondary N) is 2. The van der Waals surface area contributed by atoms with E-state index in [0.717, 1.165) is 34.7 Å². The number of rotatable bonds is 3. The van der Waals surface area contributed by atoms with Crippen molar-refractivity contribution in [2.45, 2.75) is 19.9 Å². The number of imidazole rings is 1. The molecule has 7 heteroatoms. The third kappa shape index (κ3) is 3.56. The first-order chi connectivity index (χ1) is 12.7. The lowest BCUT2D eigenvalue weighted by molar-refractivity contribution is 0.297. The molecule has 0 fully saturated rings. The van der Waals surface area contributed by atoms with Crippen LogP contribution in [0.4, 0.5) is 5.69 Å². The lowest BCUT2D eigenvalue weighted by atomic mass is 10.2. The topological polar surface area (TPSA) is 97.6 Å². The van der Waals surface area contributed by atoms with Crippen LogP contribution in [0.3, 0.4) is 0 Å². The van der Waals surface area contributed by atoms with Crippen LogP contribution < -0.4 is 20.5 Å². The summed E-state index contributed by atoms with van der Waals surface area (Å²) in [7, 11) is 0. The van der Waals surface area contributed by atoms with Gasteiger partial charge in [0, 0.05) is 18.2 Å². The van der Waals surface area contributed by atoms with Gasteiger partial charge in [0.25, 0.3) is 0 Å². The number of guanidine groups is 1. The van der Waals surface area contributed by atoms with Gasteiger partial charge in [-0.3, -0.25) is 0 Å². The molecule has 0 atom stereocenters. The molecule has 0 spiro atoms. The van der Waals surface area contributed by atoms with Gasteiger partial charge in [-0.15, -0.1) is 0 Å². The second-order valence-electron chi connectivity index (χ2n) is 6.24. The molecule has 0 unspecified atom stereocenters. The highest BCUT2D eigenvalue weighted by atomic mass is 16.5. The van der Waals surface area contributed by atoms with E-state index in [9.17, 15) is 0 Å². The predicted octanol–water partition coefficient (Wildman–Crippen LogP) is 2.96. The van der Waals surface area contributed by atoms with Crippen molar-refractivity contribution in [3.8, 4) is 11.5 Å². The molecule has 0 aliphatic carbocycles. The highest BCUT2D eigenvalue weighted by Gasteiger charge is 2.11. The van der Waals surface area contributed by atoms with Crippen molar-refractivity contribution in [3.63, 3.8) is 0 Å². The summed E-state index contributed by atoms with van der Waals surface area (Å²) in [4.78, 5) is 12.1. The summed E-state index contributed by atoms with van der Waals surface area (Å²) in [6.45, 7) is 3.73. The molecule has 1 aliphatic rings. The van der Waals surface area contributed by atoms with Crippen molar-refractivity contribution in [1.29, 1.82) is 0 Å². The molecule has 1 aromatic heterocycles. The molecule has 2 heterocycles. The average Bonchev–Trinajstić information content (AvgIpc) is 2.88. The van der Waals surface area contributed by atoms with Crippen molar-refractivity contribution in [2.75, 3.05) is 18.5 Å². The molecular weight excluding hydrogens is 330 g/mol. The van der Waals surface area contributed by atoms with Gasteiger partial charge in [-0.2, -0.15) is 0 Å². The second kappa shape index (κ2) is 6.95. The van der Waals surface area contributed by atoms with E-state index < -0.39 is 0 Å². The molecular formula is C19H21N5O2. The van der Waals surface area contributed by atoms with Gasteiger partial charge < -0.3 is 25.5 Å². The minimum absolute atomic E-state index is 0.316. The van der Waals surface area contributed by atoms with Crippen LogP contribution in [0.15, 0.2) is 41.4 Å². The maximum absolute atomic E-state index is 6.00. The van der Waals surface area contributed by atoms with Gasteiger partial charge >= 0.3 is 0 Å². The van der Waals surface area contributed by atoms with E-state index in [1.165, 1.54) is 5.56 Å². The summed E-state index contributed by atoms with van der Waals surface area (Å²) in [6.07, 6.45) is 0.873. The number of aromatic nitrogens is 2. The Morgan fingerprint density at radius 3 is 2.92 bits per heavy atom. The molecule has 3 aromatic rings. The number of ether oxygens (including phenoxy) is 2. The standard InChI is InChI=1S/C19H21N5O2/c1-12-3-5-14-15(9-12)24-18(23-14)11-21-19(20)22-13-4-6-16-17(10-13)26-8-2-7-25-16/h3-6,9-10H,2,7-8,11H2,1H3,(H,23,24)(H3,20,21,22). The molecule has 0 bridgehead atoms. The first kappa shape index (κ1) is 16.3. The van der Waals surface area contributed by atoms with Crippen LogP contribution >= 0.6 is 0 Å². The van der Waals surface area contributed by atoms with Crippen LogP contribution in [0.1, 0.15) is 17.8 Å². The molecule has 0 saturated carbocycles. The summed E-state index contributed by atoms with van der Waals surface area (Å²) in [5, 5.41) is 3.08. The Morgan fingerprint density at radius 1 is 1.19 bits per heavy atom. The fourth-order valence-electron chi connectivity index (χ4n) is 2.84. The number of benzene rings is 2. The second-order valence-corrected chi connectivity index (χ2v) is 6.24. The van der Waals surface area contributed by atoms with Crippen molar-refractivity contribution in [3.05, 3.63) is 47.8 Å². The Hall–Kier alpha value is -3.22. The maximum Gasteiger partial charge on any atom is 0.193 e. The molecule has 7 nitrogen and oxygen atoms in total. The number of hydrogen-bond acceptors (Lipinski definition) is 4. The Bertz CT molecular complexity index is 964. The normalized spacial score (nSPS) is 14.3. The fourth-order valence-corrected chi connectivity index (χ4v) is 2.84. The van der Waals surface area contributed by atoms with Gasteiger partial charge in [-0.1, -0.05) is 6.07 Å². The van der Waals surface area contributed by atoms with Gasteiger partial charge in [0.2, 0.25) is 0 Å². The van der Waals surface area contributed by atoms with Crippen LogP contribution in [0, 0.1) is 6.92 Å². The largest absolute Gasteiger partial charge is 0.490 e. The van der Waals surface area contributed by atoms with E-state index in [-0.39, 0.29) is 0 Å². The highest BCUT2D eigenvalue weighted by molar-refractivity contribution is 5.92. The summed E-state index contributed by atoms with van der Waals surface area (Å²) >= 11 is 0. The van der Waals surface area contributed by atoms with Gasteiger partial charge in [0.05, 0.1) is 24.2 Å². The van der Waals surface area contributed by atoms with E-state index in [1.54, 1.807) is 0 Å². The summed E-state index contributed by atoms with van der Waals surface area (Å²) in [5.41, 5.74) is 9.92. The molecule has 0 saturated heterocycles. The number of aromatic amines is 1. The van der Waals surface area contributed by atoms with E-state index in [4.69, 9.17) is 15.2 Å². The third-order valence-corrected chi connectivity index (χ3v) is 4.11. The smallest absolute Gasteiger partial charge is 0.193 e. The Kier molecular flexibility index (Phi) is 4.35. The first-order valence-electron chi connectivity index (χ1n) is 8.59. The van der Waals surface area contributed by atoms with Gasteiger partial charge in [-0.05, 0) is 36.8 Å². The SMILES string of the molecule is Cc1ccc2nc(CN=C(N)Nc3ccc4c(c3)OCCCO4)[nH]c2c1. The lowest BCUT2D eigenvalue weighted by Gasteiger charge is -2.10. The van der Waals surface area contributed by atoms with E-state index in [1.807, 2.05) is 30.3 Å². The number of H-pyrrole nitrogens is 1. The Balaban J connectivity index is 1.45. The number of fused-ring (bicyclic) bond motifs is 2. The number of anilines is 1. The van der Waals surface area contributed by atoms with Crippen molar-refractivity contribution in [1.82, 2.24) is 9.97 Å². The van der Waals surface area contributed by atoms with Crippen LogP contribution in [-0.4, -0.2) is 29.1 Å². The van der Waals surface area contributed by atoms with Crippen LogP contribution in [-0.2, 0) is 6.54 Å². The zero-order valence-corrected chi connectivity index (χ0v) is 14.6. The molecule has 1 aliphatic heterocycles. The molecule has 2 aromatic carbocycles. The Morgan fingerprint density at radius 2 is 2.04 bits per heavy atom. The van der Waals surface area contributed by atoms with Crippen LogP contribution in [0.5, 0.6) is 11.5 Å². The number of aryl methyl sites for hydroxylation is 1. The summed E-state index contributed by atoms with van der Waals surface area (Å²) in [6, 6.07) is 11.7. The fraction of sp³-hybridized carbons (Fsp3) is 0.263. The number of nitrogens with zero attached hydrogens (tertiary/aromatic N) is 2. The highest BCUT2D eigenvalue weighted by Crippen LogP contribution is 2.32. The van der Waals surface area contributed by atoms with E-state index in [0.29, 0.717) is 31.5 Å². The predicted molar refractivity (Wildman–Crippen MR) is 102 cm³/mol. The quantitative estimate of drug-likeness (QED) is 0.498. The molecule has 26 heavy (non-hydrogen) atoms. The van der Waals surface area contributed by atoms with E-state index >= 15 is 0 Å². The summed E-state index contributed by atoms with van der Waals surface area (Å²) in [5.74, 6) is 2.55. The van der Waals surface area contributed by atoms with Crippen molar-refractivity contribution < 1.29 is 9.47 Å². The Labute approximate surface area is 151 Å². The summed E-state index contributed by atoms with van der Waals surface area (Å²) < 4.78 is 11.3. The van der Waals surface area contributed by atoms with Crippen molar-refractivity contribution in [2.24, 2.45) is 10.7 Å². The third-order valence-electron chi connectivity index (χ3n) is 4.11. The number of nitrogens with two attached hydrogens (primary N) is 1.